The van der Waals surface area contributed by atoms with Crippen molar-refractivity contribution in [1.29, 1.82) is 0 Å². The average molecular weight is 309 g/mol. The van der Waals surface area contributed by atoms with Crippen molar-refractivity contribution >= 4 is 49.4 Å². The molecule has 0 amide bonds. The van der Waals surface area contributed by atoms with Crippen LogP contribution in [0.25, 0.3) is 26.3 Å². The summed E-state index contributed by atoms with van der Waals surface area (Å²) >= 11 is 3.92. The maximum Gasteiger partial charge on any atom is 0.308 e. The lowest BCUT2D eigenvalue weighted by Gasteiger charge is -2.02. The highest BCUT2D eigenvalue weighted by molar-refractivity contribution is 7.22. The highest BCUT2D eigenvalue weighted by atomic mass is 32.1. The maximum atomic E-state index is 9.87. The fraction of sp³-hybridized carbons (Fsp3) is 0. The Labute approximate surface area is 131 Å². The molecule has 0 spiro atoms. The van der Waals surface area contributed by atoms with Gasteiger partial charge in [-0.3, -0.25) is 4.98 Å². The van der Waals surface area contributed by atoms with Crippen LogP contribution in [0.5, 0.6) is 5.75 Å². The largest absolute Gasteiger partial charge is 0.505 e. The Morgan fingerprint density at radius 3 is 2.95 bits per heavy atom. The first-order valence-electron chi connectivity index (χ1n) is 6.14. The van der Waals surface area contributed by atoms with Crippen molar-refractivity contribution in [2.45, 2.75) is 0 Å². The van der Waals surface area contributed by atoms with Crippen LogP contribution in [0.4, 0.5) is 5.82 Å². The van der Waals surface area contributed by atoms with Crippen molar-refractivity contribution in [1.82, 2.24) is 19.6 Å². The van der Waals surface area contributed by atoms with E-state index in [1.54, 1.807) is 16.9 Å². The number of nitrogens with one attached hydrogen (secondary N) is 1. The molecule has 2 radical (unpaired) electrons. The van der Waals surface area contributed by atoms with E-state index in [0.717, 1.165) is 32.1 Å². The van der Waals surface area contributed by atoms with Crippen LogP contribution in [0, 0.1) is 0 Å². The van der Waals surface area contributed by atoms with Crippen LogP contribution >= 0.6 is 11.3 Å². The van der Waals surface area contributed by atoms with E-state index in [1.165, 1.54) is 17.5 Å². The number of aromatic hydroxyl groups is 1. The van der Waals surface area contributed by atoms with E-state index in [-0.39, 0.29) is 5.75 Å². The Hall–Kier alpha value is -2.14. The lowest BCUT2D eigenvalue weighted by Crippen LogP contribution is -2.00. The maximum absolute atomic E-state index is 9.87. The van der Waals surface area contributed by atoms with E-state index in [9.17, 15) is 5.11 Å². The Kier molecular flexibility index (Phi) is 2.82. The monoisotopic (exact) mass is 309 g/mol. The minimum atomic E-state index is 0.192. The Morgan fingerprint density at radius 1 is 1.24 bits per heavy atom. The second kappa shape index (κ2) is 4.70. The predicted molar refractivity (Wildman–Crippen MR) is 82.6 cm³/mol. The van der Waals surface area contributed by atoms with E-state index in [2.05, 4.69) is 35.9 Å². The van der Waals surface area contributed by atoms with Gasteiger partial charge in [-0.25, -0.2) is 9.50 Å². The highest BCUT2D eigenvalue weighted by Crippen LogP contribution is 2.37. The van der Waals surface area contributed by atoms with E-state index in [4.69, 9.17) is 0 Å². The number of pyridine rings is 1. The van der Waals surface area contributed by atoms with Gasteiger partial charge in [-0.1, -0.05) is 0 Å². The third-order valence-corrected chi connectivity index (χ3v) is 4.66. The first-order chi connectivity index (χ1) is 10.3. The zero-order valence-electron chi connectivity index (χ0n) is 10.7. The Morgan fingerprint density at radius 2 is 2.14 bits per heavy atom. The van der Waals surface area contributed by atoms with Gasteiger partial charge in [0, 0.05) is 11.6 Å². The molecule has 0 fully saturated rings. The standard InChI is InChI=1S/C13H8N5OS.Al/c14-11-1-2-12-16-5-8(18(12)17-11)10-3-7-4-15-6-9(19)13(7)20-10;/h1-6H,(H2-,14,17,19);/q-1;+1. The fourth-order valence-electron chi connectivity index (χ4n) is 2.19. The molecule has 0 aliphatic carbocycles. The second-order valence-corrected chi connectivity index (χ2v) is 5.80. The van der Waals surface area contributed by atoms with Gasteiger partial charge in [0.05, 0.1) is 22.0 Å². The molecule has 0 bridgehead atoms. The highest BCUT2D eigenvalue weighted by Gasteiger charge is 2.12. The molecule has 0 saturated heterocycles. The van der Waals surface area contributed by atoms with Crippen LogP contribution in [0.3, 0.4) is 0 Å². The van der Waals surface area contributed by atoms with Crippen LogP contribution in [-0.4, -0.2) is 41.2 Å². The van der Waals surface area contributed by atoms with E-state index in [0.29, 0.717) is 0 Å². The molecule has 0 aliphatic rings. The fourth-order valence-corrected chi connectivity index (χ4v) is 3.38. The number of hydrogen-bond acceptors (Lipinski definition) is 6. The van der Waals surface area contributed by atoms with Gasteiger partial charge in [-0.15, -0.1) is 11.3 Å². The lowest BCUT2D eigenvalue weighted by molar-refractivity contribution is 0.480. The summed E-state index contributed by atoms with van der Waals surface area (Å²) < 4.78 is 5.53. The van der Waals surface area contributed by atoms with E-state index < -0.39 is 0 Å². The lowest BCUT2D eigenvalue weighted by atomic mass is 10.3. The second-order valence-electron chi connectivity index (χ2n) is 4.46. The Bertz CT molecular complexity index is 964. The van der Waals surface area contributed by atoms with Gasteiger partial charge in [-0.05, 0) is 18.2 Å². The number of fused-ring (bicyclic) bond motifs is 2. The third-order valence-electron chi connectivity index (χ3n) is 3.17. The van der Waals surface area contributed by atoms with Crippen LogP contribution in [-0.2, 0) is 0 Å². The normalized spacial score (nSPS) is 11.2. The summed E-state index contributed by atoms with van der Waals surface area (Å²) in [7, 11) is 0. The third kappa shape index (κ3) is 1.96. The van der Waals surface area contributed by atoms with Gasteiger partial charge in [0.1, 0.15) is 11.5 Å². The zero-order valence-corrected chi connectivity index (χ0v) is 12.7. The predicted octanol–water partition coefficient (Wildman–Crippen LogP) is 2.21. The summed E-state index contributed by atoms with van der Waals surface area (Å²) in [5.74, 6) is 0.926. The average Bonchev–Trinajstić information content (AvgIpc) is 3.10. The number of thiophene rings is 1. The van der Waals surface area contributed by atoms with Crippen LogP contribution in [0.2, 0.25) is 0 Å². The Balaban J connectivity index is 1.97. The minimum Gasteiger partial charge on any atom is -0.505 e. The molecule has 8 heteroatoms. The van der Waals surface area contributed by atoms with Crippen LogP contribution < -0.4 is 4.30 Å². The smallest absolute Gasteiger partial charge is 0.308 e. The molecule has 0 saturated carbocycles. The molecule has 4 aromatic heterocycles. The van der Waals surface area contributed by atoms with Crippen molar-refractivity contribution in [2.24, 2.45) is 0 Å². The molecule has 21 heavy (non-hydrogen) atoms. The van der Waals surface area contributed by atoms with Gasteiger partial charge in [-0.2, -0.15) is 5.10 Å². The molecule has 0 aromatic carbocycles. The van der Waals surface area contributed by atoms with Gasteiger partial charge in [0.2, 0.25) is 0 Å². The van der Waals surface area contributed by atoms with E-state index in [1.807, 2.05) is 18.2 Å². The molecular weight excluding hydrogens is 301 g/mol. The molecule has 4 rings (SSSR count). The van der Waals surface area contributed by atoms with Crippen molar-refractivity contribution in [3.63, 3.8) is 0 Å². The summed E-state index contributed by atoms with van der Waals surface area (Å²) in [6.45, 7) is 0. The van der Waals surface area contributed by atoms with Crippen molar-refractivity contribution in [3.8, 4) is 16.3 Å². The molecular formula is C13H8AlN5OS. The van der Waals surface area contributed by atoms with E-state index >= 15 is 0 Å². The van der Waals surface area contributed by atoms with Gasteiger partial charge < -0.3 is 9.41 Å². The minimum absolute atomic E-state index is 0.192. The number of aromatic nitrogens is 4. The molecule has 4 heterocycles. The first kappa shape index (κ1) is 12.6. The summed E-state index contributed by atoms with van der Waals surface area (Å²) in [4.78, 5) is 9.34. The number of hydrogen-bond donors (Lipinski definition) is 2. The summed E-state index contributed by atoms with van der Waals surface area (Å²) in [5.41, 5.74) is 1.65. The quantitative estimate of drug-likeness (QED) is 0.555. The molecule has 100 valence electrons. The number of nitrogens with zero attached hydrogens (tertiary/aromatic N) is 4. The van der Waals surface area contributed by atoms with Crippen LogP contribution in [0.1, 0.15) is 0 Å². The molecule has 2 N–H and O–H groups in total. The van der Waals surface area contributed by atoms with Gasteiger partial charge in [0.15, 0.2) is 11.4 Å². The summed E-state index contributed by atoms with van der Waals surface area (Å²) in [5, 5.41) is 15.3. The zero-order chi connectivity index (χ0) is 14.4. The molecule has 4 aromatic rings. The SMILES string of the molecule is Oc1cncc2cc(-c3cnc4ccc([NH][Al])nn34)sc12. The molecule has 0 atom stereocenters. The molecule has 0 aliphatic heterocycles. The van der Waals surface area contributed by atoms with Gasteiger partial charge in [0.25, 0.3) is 0 Å². The van der Waals surface area contributed by atoms with Crippen molar-refractivity contribution in [3.05, 3.63) is 36.8 Å². The molecule has 0 unspecified atom stereocenters. The molecule has 6 nitrogen and oxygen atoms in total. The summed E-state index contributed by atoms with van der Waals surface area (Å²) in [6, 6.07) is 5.74. The van der Waals surface area contributed by atoms with Gasteiger partial charge >= 0.3 is 16.5 Å². The number of anilines is 1. The number of imidazole rings is 1. The van der Waals surface area contributed by atoms with Crippen LogP contribution in [0.15, 0.2) is 36.8 Å². The van der Waals surface area contributed by atoms with Crippen molar-refractivity contribution < 1.29 is 5.11 Å². The first-order valence-corrected chi connectivity index (χ1v) is 7.54. The van der Waals surface area contributed by atoms with Crippen molar-refractivity contribution in [2.75, 3.05) is 4.30 Å². The summed E-state index contributed by atoms with van der Waals surface area (Å²) in [6.07, 6.45) is 4.97. The topological polar surface area (TPSA) is 75.3 Å². The number of rotatable bonds is 2.